The molecule has 1 unspecified atom stereocenters. The van der Waals surface area contributed by atoms with Crippen molar-refractivity contribution in [2.24, 2.45) is 0 Å². The summed E-state index contributed by atoms with van der Waals surface area (Å²) in [5, 5.41) is 8.36. The maximum absolute atomic E-state index is 11.7. The van der Waals surface area contributed by atoms with Gasteiger partial charge in [0.1, 0.15) is 0 Å². The second kappa shape index (κ2) is 6.96. The zero-order chi connectivity index (χ0) is 13.6. The third kappa shape index (κ3) is 6.02. The molecule has 0 aromatic rings. The minimum absolute atomic E-state index is 0.0162. The molecule has 0 rings (SSSR count). The molecule has 0 spiro atoms. The molecule has 0 amide bonds. The van der Waals surface area contributed by atoms with E-state index in [-0.39, 0.29) is 24.9 Å². The molecular formula is C11H23NO4S. The lowest BCUT2D eigenvalue weighted by Crippen LogP contribution is -2.40. The first-order valence-corrected chi connectivity index (χ1v) is 7.59. The zero-order valence-electron chi connectivity index (χ0n) is 11.0. The molecule has 0 heterocycles. The van der Waals surface area contributed by atoms with Crippen molar-refractivity contribution in [3.63, 3.8) is 0 Å². The Morgan fingerprint density at radius 1 is 1.29 bits per heavy atom. The number of aliphatic carboxylic acids is 1. The fourth-order valence-electron chi connectivity index (χ4n) is 1.37. The normalized spacial score (nSPS) is 14.2. The minimum atomic E-state index is -3.11. The molecule has 17 heavy (non-hydrogen) atoms. The molecule has 0 aromatic carbocycles. The Morgan fingerprint density at radius 2 is 1.82 bits per heavy atom. The molecule has 0 aromatic heterocycles. The van der Waals surface area contributed by atoms with Gasteiger partial charge in [0.05, 0.1) is 17.5 Å². The molecule has 0 aliphatic rings. The van der Waals surface area contributed by atoms with Crippen molar-refractivity contribution in [1.29, 1.82) is 0 Å². The van der Waals surface area contributed by atoms with Gasteiger partial charge in [-0.1, -0.05) is 6.92 Å². The van der Waals surface area contributed by atoms with Gasteiger partial charge < -0.3 is 5.11 Å². The molecule has 0 aliphatic carbocycles. The fraction of sp³-hybridized carbons (Fsp3) is 0.909. The first-order valence-electron chi connectivity index (χ1n) is 5.88. The Kier molecular flexibility index (Phi) is 6.70. The van der Waals surface area contributed by atoms with Gasteiger partial charge in [-0.2, -0.15) is 0 Å². The molecule has 0 aliphatic heterocycles. The molecule has 102 valence electrons. The summed E-state index contributed by atoms with van der Waals surface area (Å²) in [7, 11) is -3.11. The van der Waals surface area contributed by atoms with Gasteiger partial charge in [-0.25, -0.2) is 8.42 Å². The van der Waals surface area contributed by atoms with E-state index < -0.39 is 21.1 Å². The highest BCUT2D eigenvalue weighted by Gasteiger charge is 2.21. The van der Waals surface area contributed by atoms with Crippen LogP contribution in [0.25, 0.3) is 0 Å². The Bertz CT molecular complexity index is 337. The quantitative estimate of drug-likeness (QED) is 0.708. The van der Waals surface area contributed by atoms with E-state index in [9.17, 15) is 13.2 Å². The number of hydrogen-bond donors (Lipinski definition) is 1. The average Bonchev–Trinajstić information content (AvgIpc) is 2.22. The summed E-state index contributed by atoms with van der Waals surface area (Å²) >= 11 is 0. The molecule has 6 heteroatoms. The van der Waals surface area contributed by atoms with Crippen LogP contribution in [0.5, 0.6) is 0 Å². The SMILES string of the molecule is CCC(C)N(CCS(=O)(=O)C(C)C)CC(=O)O. The summed E-state index contributed by atoms with van der Waals surface area (Å²) in [6, 6.07) is 0.0773. The molecule has 0 saturated heterocycles. The largest absolute Gasteiger partial charge is 0.480 e. The van der Waals surface area contributed by atoms with Crippen LogP contribution in [0.2, 0.25) is 0 Å². The highest BCUT2D eigenvalue weighted by molar-refractivity contribution is 7.92. The van der Waals surface area contributed by atoms with Crippen LogP contribution < -0.4 is 0 Å². The van der Waals surface area contributed by atoms with Gasteiger partial charge in [0.15, 0.2) is 9.84 Å². The van der Waals surface area contributed by atoms with Gasteiger partial charge in [0, 0.05) is 12.6 Å². The predicted molar refractivity (Wildman–Crippen MR) is 67.9 cm³/mol. The van der Waals surface area contributed by atoms with E-state index in [1.165, 1.54) is 0 Å². The second-order valence-electron chi connectivity index (χ2n) is 4.54. The van der Waals surface area contributed by atoms with Crippen LogP contribution in [0.4, 0.5) is 0 Å². The summed E-state index contributed by atoms with van der Waals surface area (Å²) < 4.78 is 23.3. The number of hydrogen-bond acceptors (Lipinski definition) is 4. The molecule has 5 nitrogen and oxygen atoms in total. The lowest BCUT2D eigenvalue weighted by atomic mass is 10.2. The van der Waals surface area contributed by atoms with Crippen LogP contribution in [0.1, 0.15) is 34.1 Å². The number of carbonyl (C=O) groups is 1. The van der Waals surface area contributed by atoms with Crippen LogP contribution >= 0.6 is 0 Å². The second-order valence-corrected chi connectivity index (χ2v) is 7.21. The van der Waals surface area contributed by atoms with E-state index >= 15 is 0 Å². The topological polar surface area (TPSA) is 74.7 Å². The van der Waals surface area contributed by atoms with Crippen molar-refractivity contribution in [3.8, 4) is 0 Å². The van der Waals surface area contributed by atoms with Crippen LogP contribution in [0.15, 0.2) is 0 Å². The number of nitrogens with zero attached hydrogens (tertiary/aromatic N) is 1. The third-order valence-electron chi connectivity index (χ3n) is 2.93. The van der Waals surface area contributed by atoms with Crippen molar-refractivity contribution in [1.82, 2.24) is 4.90 Å². The Labute approximate surface area is 104 Å². The summed E-state index contributed by atoms with van der Waals surface area (Å²) in [6.07, 6.45) is 0.801. The minimum Gasteiger partial charge on any atom is -0.480 e. The van der Waals surface area contributed by atoms with Crippen molar-refractivity contribution in [2.45, 2.75) is 45.4 Å². The van der Waals surface area contributed by atoms with Gasteiger partial charge in [-0.05, 0) is 27.2 Å². The van der Waals surface area contributed by atoms with Gasteiger partial charge in [0.25, 0.3) is 0 Å². The van der Waals surface area contributed by atoms with E-state index in [0.717, 1.165) is 6.42 Å². The van der Waals surface area contributed by atoms with Crippen molar-refractivity contribution >= 4 is 15.8 Å². The van der Waals surface area contributed by atoms with Gasteiger partial charge >= 0.3 is 5.97 Å². The lowest BCUT2D eigenvalue weighted by Gasteiger charge is -2.26. The lowest BCUT2D eigenvalue weighted by molar-refractivity contribution is -0.138. The number of sulfone groups is 1. The summed E-state index contributed by atoms with van der Waals surface area (Å²) in [6.45, 7) is 7.31. The van der Waals surface area contributed by atoms with Crippen LogP contribution in [-0.4, -0.2) is 54.5 Å². The van der Waals surface area contributed by atoms with E-state index in [2.05, 4.69) is 0 Å². The predicted octanol–water partition coefficient (Wildman–Crippen LogP) is 0.995. The first-order chi connectivity index (χ1) is 7.70. The summed E-state index contributed by atoms with van der Waals surface area (Å²) in [5.41, 5.74) is 0. The molecule has 0 saturated carbocycles. The average molecular weight is 265 g/mol. The maximum Gasteiger partial charge on any atom is 0.317 e. The van der Waals surface area contributed by atoms with Crippen LogP contribution in [-0.2, 0) is 14.6 Å². The number of carboxylic acid groups (broad SMARTS) is 1. The molecular weight excluding hydrogens is 242 g/mol. The molecule has 1 atom stereocenters. The highest BCUT2D eigenvalue weighted by atomic mass is 32.2. The standard InChI is InChI=1S/C11H23NO4S/c1-5-10(4)12(8-11(13)14)6-7-17(15,16)9(2)3/h9-10H,5-8H2,1-4H3,(H,13,14). The van der Waals surface area contributed by atoms with Crippen molar-refractivity contribution in [2.75, 3.05) is 18.8 Å². The molecule has 0 radical (unpaired) electrons. The summed E-state index contributed by atoms with van der Waals surface area (Å²) in [4.78, 5) is 12.4. The zero-order valence-corrected chi connectivity index (χ0v) is 11.8. The number of rotatable bonds is 8. The van der Waals surface area contributed by atoms with Crippen LogP contribution in [0.3, 0.4) is 0 Å². The molecule has 0 bridgehead atoms. The maximum atomic E-state index is 11.7. The smallest absolute Gasteiger partial charge is 0.317 e. The van der Waals surface area contributed by atoms with E-state index in [1.807, 2.05) is 13.8 Å². The van der Waals surface area contributed by atoms with Gasteiger partial charge in [-0.15, -0.1) is 0 Å². The number of carboxylic acids is 1. The van der Waals surface area contributed by atoms with Gasteiger partial charge in [-0.3, -0.25) is 9.69 Å². The monoisotopic (exact) mass is 265 g/mol. The van der Waals surface area contributed by atoms with E-state index in [1.54, 1.807) is 18.7 Å². The Morgan fingerprint density at radius 3 is 2.18 bits per heavy atom. The van der Waals surface area contributed by atoms with Crippen LogP contribution in [0, 0.1) is 0 Å². The molecule has 0 fully saturated rings. The van der Waals surface area contributed by atoms with Gasteiger partial charge in [0.2, 0.25) is 0 Å². The first kappa shape index (κ1) is 16.4. The van der Waals surface area contributed by atoms with Crippen molar-refractivity contribution < 1.29 is 18.3 Å². The Balaban J connectivity index is 4.51. The fourth-order valence-corrected chi connectivity index (χ4v) is 2.33. The summed E-state index contributed by atoms with van der Waals surface area (Å²) in [5.74, 6) is -0.908. The van der Waals surface area contributed by atoms with E-state index in [0.29, 0.717) is 0 Å². The van der Waals surface area contributed by atoms with Crippen molar-refractivity contribution in [3.05, 3.63) is 0 Å². The highest BCUT2D eigenvalue weighted by Crippen LogP contribution is 2.06. The molecule has 1 N–H and O–H groups in total. The Hall–Kier alpha value is -0.620. The third-order valence-corrected chi connectivity index (χ3v) is 5.12. The van der Waals surface area contributed by atoms with E-state index in [4.69, 9.17) is 5.11 Å².